The lowest BCUT2D eigenvalue weighted by Gasteiger charge is -2.41. The molecule has 1 unspecified atom stereocenters. The SMILES string of the molecule is Cc1cccc(F)c1C(=O)N1CCCC(C(=O)Nc2cccc(C(C)(C)C)c2)[C@@H]1c1ccc(N(C)CC(C)(C)O)cc1. The van der Waals surface area contributed by atoms with Crippen LogP contribution in [0.1, 0.15) is 80.6 Å². The molecule has 2 N–H and O–H groups in total. The number of carbonyl (C=O) groups is 2. The number of benzene rings is 3. The summed E-state index contributed by atoms with van der Waals surface area (Å²) in [6, 6.07) is 19.7. The van der Waals surface area contributed by atoms with Crippen molar-refractivity contribution in [2.45, 2.75) is 71.4 Å². The fourth-order valence-corrected chi connectivity index (χ4v) is 5.85. The molecule has 2 amide bonds. The smallest absolute Gasteiger partial charge is 0.257 e. The van der Waals surface area contributed by atoms with Crippen molar-refractivity contribution in [3.05, 3.63) is 94.8 Å². The molecule has 1 fully saturated rings. The van der Waals surface area contributed by atoms with Crippen LogP contribution in [-0.2, 0) is 10.2 Å². The number of piperidine rings is 1. The number of nitrogens with one attached hydrogen (secondary N) is 1. The van der Waals surface area contributed by atoms with Gasteiger partial charge in [-0.25, -0.2) is 4.39 Å². The maximum Gasteiger partial charge on any atom is 0.257 e. The molecule has 2 atom stereocenters. The van der Waals surface area contributed by atoms with Crippen LogP contribution in [0, 0.1) is 18.7 Å². The van der Waals surface area contributed by atoms with Crippen molar-refractivity contribution in [3.63, 3.8) is 0 Å². The first-order chi connectivity index (χ1) is 19.7. The Kier molecular flexibility index (Phi) is 9.12. The van der Waals surface area contributed by atoms with Crippen LogP contribution < -0.4 is 10.2 Å². The predicted molar refractivity (Wildman–Crippen MR) is 167 cm³/mol. The van der Waals surface area contributed by atoms with Gasteiger partial charge in [-0.2, -0.15) is 0 Å². The zero-order chi connectivity index (χ0) is 30.8. The molecule has 0 bridgehead atoms. The molecule has 0 radical (unpaired) electrons. The summed E-state index contributed by atoms with van der Waals surface area (Å²) in [5, 5.41) is 13.4. The minimum Gasteiger partial charge on any atom is -0.389 e. The third kappa shape index (κ3) is 7.19. The number of likely N-dealkylation sites (tertiary alicyclic amines) is 1. The first-order valence-corrected chi connectivity index (χ1v) is 14.7. The van der Waals surface area contributed by atoms with E-state index < -0.39 is 29.3 Å². The van der Waals surface area contributed by atoms with Crippen molar-refractivity contribution in [2.75, 3.05) is 30.4 Å². The van der Waals surface area contributed by atoms with E-state index in [-0.39, 0.29) is 16.9 Å². The molecule has 3 aromatic rings. The average molecular weight is 574 g/mol. The molecule has 3 aromatic carbocycles. The van der Waals surface area contributed by atoms with Crippen LogP contribution in [-0.4, -0.2) is 47.6 Å². The second kappa shape index (κ2) is 12.3. The molecular weight excluding hydrogens is 529 g/mol. The third-order valence-corrected chi connectivity index (χ3v) is 7.96. The Balaban J connectivity index is 1.71. The van der Waals surface area contributed by atoms with Gasteiger partial charge in [0.15, 0.2) is 0 Å². The highest BCUT2D eigenvalue weighted by molar-refractivity contribution is 5.98. The molecule has 42 heavy (non-hydrogen) atoms. The summed E-state index contributed by atoms with van der Waals surface area (Å²) in [6.07, 6.45) is 1.22. The van der Waals surface area contributed by atoms with Gasteiger partial charge in [-0.1, -0.05) is 57.2 Å². The van der Waals surface area contributed by atoms with E-state index in [4.69, 9.17) is 0 Å². The van der Waals surface area contributed by atoms with Gasteiger partial charge in [-0.05, 0) is 86.1 Å². The average Bonchev–Trinajstić information content (AvgIpc) is 2.91. The monoisotopic (exact) mass is 573 g/mol. The summed E-state index contributed by atoms with van der Waals surface area (Å²) < 4.78 is 15.0. The molecule has 1 aliphatic heterocycles. The maximum absolute atomic E-state index is 15.0. The number of rotatable bonds is 7. The van der Waals surface area contributed by atoms with Gasteiger partial charge in [0.25, 0.3) is 5.91 Å². The quantitative estimate of drug-likeness (QED) is 0.324. The Morgan fingerprint density at radius 1 is 1.02 bits per heavy atom. The molecule has 1 saturated heterocycles. The molecule has 1 heterocycles. The Hall–Kier alpha value is -3.71. The van der Waals surface area contributed by atoms with Gasteiger partial charge >= 0.3 is 0 Å². The number of amides is 2. The summed E-state index contributed by atoms with van der Waals surface area (Å²) in [7, 11) is 1.91. The molecule has 0 aliphatic carbocycles. The molecular formula is C35H44FN3O3. The normalized spacial score (nSPS) is 17.6. The van der Waals surface area contributed by atoms with Crippen molar-refractivity contribution in [1.29, 1.82) is 0 Å². The predicted octanol–water partition coefficient (Wildman–Crippen LogP) is 6.87. The van der Waals surface area contributed by atoms with Crippen LogP contribution in [0.2, 0.25) is 0 Å². The van der Waals surface area contributed by atoms with Crippen LogP contribution in [0.4, 0.5) is 15.8 Å². The van der Waals surface area contributed by atoms with E-state index in [2.05, 4.69) is 26.1 Å². The maximum atomic E-state index is 15.0. The molecule has 0 saturated carbocycles. The van der Waals surface area contributed by atoms with Crippen LogP contribution >= 0.6 is 0 Å². The van der Waals surface area contributed by atoms with Crippen LogP contribution in [0.5, 0.6) is 0 Å². The minimum absolute atomic E-state index is 0.0444. The van der Waals surface area contributed by atoms with Crippen LogP contribution in [0.15, 0.2) is 66.7 Å². The lowest BCUT2D eigenvalue weighted by atomic mass is 9.83. The number of hydrogen-bond acceptors (Lipinski definition) is 4. The summed E-state index contributed by atoms with van der Waals surface area (Å²) in [4.78, 5) is 31.5. The topological polar surface area (TPSA) is 72.9 Å². The Morgan fingerprint density at radius 3 is 2.31 bits per heavy atom. The first kappa shape index (κ1) is 31.2. The molecule has 6 nitrogen and oxygen atoms in total. The van der Waals surface area contributed by atoms with Crippen molar-refractivity contribution in [3.8, 4) is 0 Å². The third-order valence-electron chi connectivity index (χ3n) is 7.96. The fourth-order valence-electron chi connectivity index (χ4n) is 5.85. The number of halogens is 1. The lowest BCUT2D eigenvalue weighted by Crippen LogP contribution is -2.46. The van der Waals surface area contributed by atoms with Gasteiger partial charge in [0, 0.05) is 31.5 Å². The Bertz CT molecular complexity index is 1400. The van der Waals surface area contributed by atoms with Crippen LogP contribution in [0.3, 0.4) is 0 Å². The van der Waals surface area contributed by atoms with Crippen molar-refractivity contribution in [2.24, 2.45) is 5.92 Å². The number of likely N-dealkylation sites (N-methyl/N-ethyl adjacent to an activating group) is 1. The zero-order valence-corrected chi connectivity index (χ0v) is 25.9. The van der Waals surface area contributed by atoms with Crippen molar-refractivity contribution < 1.29 is 19.1 Å². The van der Waals surface area contributed by atoms with E-state index in [1.54, 1.807) is 37.8 Å². The van der Waals surface area contributed by atoms with Crippen LogP contribution in [0.25, 0.3) is 0 Å². The number of aliphatic hydroxyl groups is 1. The largest absolute Gasteiger partial charge is 0.389 e. The summed E-state index contributed by atoms with van der Waals surface area (Å²) >= 11 is 0. The van der Waals surface area contributed by atoms with E-state index in [9.17, 15) is 19.1 Å². The van der Waals surface area contributed by atoms with Gasteiger partial charge in [-0.3, -0.25) is 9.59 Å². The molecule has 1 aliphatic rings. The van der Waals surface area contributed by atoms with Gasteiger partial charge in [-0.15, -0.1) is 0 Å². The fraction of sp³-hybridized carbons (Fsp3) is 0.429. The number of nitrogens with zero attached hydrogens (tertiary/aromatic N) is 2. The second-order valence-electron chi connectivity index (χ2n) is 13.2. The highest BCUT2D eigenvalue weighted by Gasteiger charge is 2.40. The molecule has 0 aromatic heterocycles. The summed E-state index contributed by atoms with van der Waals surface area (Å²) in [6.45, 7) is 12.5. The number of hydrogen-bond donors (Lipinski definition) is 2. The minimum atomic E-state index is -0.870. The van der Waals surface area contributed by atoms with Crippen molar-refractivity contribution in [1.82, 2.24) is 4.90 Å². The molecule has 0 spiro atoms. The summed E-state index contributed by atoms with van der Waals surface area (Å²) in [5.41, 5.74) is 3.19. The van der Waals surface area contributed by atoms with Gasteiger partial charge in [0.1, 0.15) is 5.82 Å². The number of carbonyl (C=O) groups excluding carboxylic acids is 2. The summed E-state index contributed by atoms with van der Waals surface area (Å²) in [5.74, 6) is -1.68. The Labute approximate surface area is 249 Å². The standard InChI is InChI=1S/C35H44FN3O3/c1-23-11-8-15-29(36)30(23)33(41)39-20-10-14-28(32(40)37-26-13-9-12-25(21-26)34(2,3)4)31(39)24-16-18-27(19-17-24)38(7)22-35(5,6)42/h8-9,11-13,15-19,21,28,31,42H,10,14,20,22H2,1-7H3,(H,37,40)/t28?,31-/m0/s1. The van der Waals surface area contributed by atoms with Gasteiger partial charge in [0.2, 0.25) is 5.91 Å². The molecule has 4 rings (SSSR count). The first-order valence-electron chi connectivity index (χ1n) is 14.7. The van der Waals surface area contributed by atoms with E-state index in [0.717, 1.165) is 16.8 Å². The van der Waals surface area contributed by atoms with E-state index in [0.29, 0.717) is 37.2 Å². The molecule has 224 valence electrons. The zero-order valence-electron chi connectivity index (χ0n) is 25.9. The Morgan fingerprint density at radius 2 is 1.69 bits per heavy atom. The highest BCUT2D eigenvalue weighted by Crippen LogP contribution is 2.39. The lowest BCUT2D eigenvalue weighted by molar-refractivity contribution is -0.123. The van der Waals surface area contributed by atoms with Crippen molar-refractivity contribution >= 4 is 23.2 Å². The number of anilines is 2. The van der Waals surface area contributed by atoms with E-state index in [1.165, 1.54) is 6.07 Å². The van der Waals surface area contributed by atoms with E-state index in [1.807, 2.05) is 60.5 Å². The second-order valence-corrected chi connectivity index (χ2v) is 13.2. The highest BCUT2D eigenvalue weighted by atomic mass is 19.1. The van der Waals surface area contributed by atoms with Gasteiger partial charge < -0.3 is 20.2 Å². The van der Waals surface area contributed by atoms with E-state index >= 15 is 0 Å². The number of aryl methyl sites for hydroxylation is 1. The van der Waals surface area contributed by atoms with Gasteiger partial charge in [0.05, 0.1) is 23.1 Å². The molecule has 7 heteroatoms.